The van der Waals surface area contributed by atoms with Crippen molar-refractivity contribution in [2.75, 3.05) is 0 Å². The molecule has 0 aliphatic heterocycles. The Kier molecular flexibility index (Phi) is 3.35. The number of hydrogen-bond donors (Lipinski definition) is 3. The van der Waals surface area contributed by atoms with Crippen LogP contribution in [0.25, 0.3) is 11.0 Å². The molecular formula is C14H19N5. The van der Waals surface area contributed by atoms with Crippen LogP contribution in [0.1, 0.15) is 31.4 Å². The second kappa shape index (κ2) is 5.30. The van der Waals surface area contributed by atoms with Crippen LogP contribution in [-0.4, -0.2) is 22.0 Å². The molecule has 4 N–H and O–H groups in total. The molecule has 3 rings (SSSR count). The molecule has 0 unspecified atom stereocenters. The van der Waals surface area contributed by atoms with Crippen molar-refractivity contribution in [2.24, 2.45) is 10.7 Å². The molecule has 0 aromatic carbocycles. The Hall–Kier alpha value is -2.04. The monoisotopic (exact) mass is 257 g/mol. The number of nitrogens with zero attached hydrogens (tertiary/aromatic N) is 2. The summed E-state index contributed by atoms with van der Waals surface area (Å²) < 4.78 is 0. The number of H-pyrrole nitrogens is 1. The third kappa shape index (κ3) is 2.86. The average molecular weight is 257 g/mol. The Labute approximate surface area is 112 Å². The molecule has 0 bridgehead atoms. The van der Waals surface area contributed by atoms with Gasteiger partial charge < -0.3 is 16.0 Å². The summed E-state index contributed by atoms with van der Waals surface area (Å²) in [5, 5.41) is 4.39. The van der Waals surface area contributed by atoms with E-state index in [1.165, 1.54) is 25.7 Å². The summed E-state index contributed by atoms with van der Waals surface area (Å²) in [6, 6.07) is 6.54. The minimum atomic E-state index is 0.502. The first kappa shape index (κ1) is 12.0. The van der Waals surface area contributed by atoms with Gasteiger partial charge in [0, 0.05) is 17.6 Å². The number of hydrogen-bond acceptors (Lipinski definition) is 2. The van der Waals surface area contributed by atoms with Gasteiger partial charge in [0.25, 0.3) is 0 Å². The number of rotatable bonds is 3. The van der Waals surface area contributed by atoms with E-state index in [-0.39, 0.29) is 0 Å². The summed E-state index contributed by atoms with van der Waals surface area (Å²) in [5.41, 5.74) is 7.72. The van der Waals surface area contributed by atoms with Crippen molar-refractivity contribution in [1.82, 2.24) is 15.3 Å². The smallest absolute Gasteiger partial charge is 0.189 e. The van der Waals surface area contributed by atoms with E-state index in [2.05, 4.69) is 20.3 Å². The van der Waals surface area contributed by atoms with Crippen LogP contribution in [0, 0.1) is 0 Å². The summed E-state index contributed by atoms with van der Waals surface area (Å²) in [4.78, 5) is 11.9. The summed E-state index contributed by atoms with van der Waals surface area (Å²) in [6.07, 6.45) is 6.86. The first-order valence-electron chi connectivity index (χ1n) is 6.81. The molecule has 1 fully saturated rings. The van der Waals surface area contributed by atoms with Gasteiger partial charge in [-0.1, -0.05) is 12.8 Å². The molecule has 2 heterocycles. The topological polar surface area (TPSA) is 79.1 Å². The molecule has 2 aromatic heterocycles. The lowest BCUT2D eigenvalue weighted by Crippen LogP contribution is -2.38. The highest BCUT2D eigenvalue weighted by molar-refractivity contribution is 5.78. The molecule has 2 aromatic rings. The first-order valence-corrected chi connectivity index (χ1v) is 6.81. The molecule has 1 saturated carbocycles. The van der Waals surface area contributed by atoms with Gasteiger partial charge >= 0.3 is 0 Å². The maximum Gasteiger partial charge on any atom is 0.189 e. The van der Waals surface area contributed by atoms with Gasteiger partial charge in [-0.3, -0.25) is 0 Å². The number of aliphatic imine (C=N–C) groups is 1. The molecule has 0 atom stereocenters. The standard InChI is InChI=1S/C14H19N5/c15-14(19-11-3-1-2-4-11)17-9-12-6-5-10-7-8-16-13(10)18-12/h5-8,11H,1-4,9H2,(H,16,18)(H3,15,17,19). The van der Waals surface area contributed by atoms with Gasteiger partial charge in [0.2, 0.25) is 0 Å². The minimum absolute atomic E-state index is 0.502. The summed E-state index contributed by atoms with van der Waals surface area (Å²) in [6.45, 7) is 0.514. The number of fused-ring (bicyclic) bond motifs is 1. The predicted molar refractivity (Wildman–Crippen MR) is 76.8 cm³/mol. The van der Waals surface area contributed by atoms with Crippen LogP contribution in [0.15, 0.2) is 29.4 Å². The fourth-order valence-corrected chi connectivity index (χ4v) is 2.55. The summed E-state index contributed by atoms with van der Waals surface area (Å²) in [7, 11) is 0. The van der Waals surface area contributed by atoms with E-state index < -0.39 is 0 Å². The largest absolute Gasteiger partial charge is 0.370 e. The Morgan fingerprint density at radius 1 is 1.37 bits per heavy atom. The second-order valence-corrected chi connectivity index (χ2v) is 5.05. The normalized spacial score (nSPS) is 17.2. The Morgan fingerprint density at radius 2 is 2.21 bits per heavy atom. The highest BCUT2D eigenvalue weighted by Crippen LogP contribution is 2.17. The van der Waals surface area contributed by atoms with Crippen molar-refractivity contribution in [1.29, 1.82) is 0 Å². The number of aromatic nitrogens is 2. The number of nitrogens with two attached hydrogens (primary N) is 1. The van der Waals surface area contributed by atoms with E-state index in [0.717, 1.165) is 16.7 Å². The van der Waals surface area contributed by atoms with Crippen LogP contribution in [0.2, 0.25) is 0 Å². The third-order valence-electron chi connectivity index (χ3n) is 3.59. The SMILES string of the molecule is NC(=NCc1ccc2cc[nH]c2n1)NC1CCCC1. The minimum Gasteiger partial charge on any atom is -0.370 e. The molecule has 100 valence electrons. The molecule has 1 aliphatic carbocycles. The highest BCUT2D eigenvalue weighted by atomic mass is 15.1. The Morgan fingerprint density at radius 3 is 3.05 bits per heavy atom. The number of pyridine rings is 1. The fourth-order valence-electron chi connectivity index (χ4n) is 2.55. The highest BCUT2D eigenvalue weighted by Gasteiger charge is 2.14. The van der Waals surface area contributed by atoms with Crippen molar-refractivity contribution < 1.29 is 0 Å². The summed E-state index contributed by atoms with van der Waals surface area (Å²) >= 11 is 0. The molecule has 5 nitrogen and oxygen atoms in total. The van der Waals surface area contributed by atoms with Crippen LogP contribution in [0.4, 0.5) is 0 Å². The molecule has 0 amide bonds. The van der Waals surface area contributed by atoms with E-state index in [1.807, 2.05) is 24.4 Å². The number of guanidine groups is 1. The van der Waals surface area contributed by atoms with Crippen molar-refractivity contribution in [2.45, 2.75) is 38.3 Å². The molecule has 0 radical (unpaired) electrons. The lowest BCUT2D eigenvalue weighted by Gasteiger charge is -2.12. The van der Waals surface area contributed by atoms with Gasteiger partial charge in [-0.05, 0) is 31.0 Å². The second-order valence-electron chi connectivity index (χ2n) is 5.05. The lowest BCUT2D eigenvalue weighted by atomic mass is 10.2. The zero-order valence-corrected chi connectivity index (χ0v) is 10.9. The zero-order valence-electron chi connectivity index (χ0n) is 10.9. The van der Waals surface area contributed by atoms with Crippen molar-refractivity contribution in [3.63, 3.8) is 0 Å². The van der Waals surface area contributed by atoms with Gasteiger partial charge in [-0.15, -0.1) is 0 Å². The van der Waals surface area contributed by atoms with Gasteiger partial charge in [0.15, 0.2) is 5.96 Å². The third-order valence-corrected chi connectivity index (χ3v) is 3.59. The van der Waals surface area contributed by atoms with Crippen LogP contribution < -0.4 is 11.1 Å². The van der Waals surface area contributed by atoms with Crippen molar-refractivity contribution >= 4 is 17.0 Å². The van der Waals surface area contributed by atoms with Gasteiger partial charge in [0.1, 0.15) is 5.65 Å². The van der Waals surface area contributed by atoms with Gasteiger partial charge in [0.05, 0.1) is 12.2 Å². The van der Waals surface area contributed by atoms with Crippen LogP contribution in [0.3, 0.4) is 0 Å². The van der Waals surface area contributed by atoms with E-state index in [9.17, 15) is 0 Å². The number of nitrogens with one attached hydrogen (secondary N) is 2. The predicted octanol–water partition coefficient (Wildman–Crippen LogP) is 1.91. The maximum absolute atomic E-state index is 5.90. The molecular weight excluding hydrogens is 238 g/mol. The van der Waals surface area contributed by atoms with E-state index in [4.69, 9.17) is 5.73 Å². The van der Waals surface area contributed by atoms with Gasteiger partial charge in [-0.2, -0.15) is 0 Å². The lowest BCUT2D eigenvalue weighted by molar-refractivity contribution is 0.625. The Balaban J connectivity index is 1.63. The number of aromatic amines is 1. The van der Waals surface area contributed by atoms with E-state index in [0.29, 0.717) is 18.5 Å². The zero-order chi connectivity index (χ0) is 13.1. The molecule has 1 aliphatic rings. The molecule has 0 spiro atoms. The maximum atomic E-state index is 5.90. The molecule has 5 heteroatoms. The van der Waals surface area contributed by atoms with Crippen LogP contribution >= 0.6 is 0 Å². The van der Waals surface area contributed by atoms with Crippen molar-refractivity contribution in [3.8, 4) is 0 Å². The van der Waals surface area contributed by atoms with E-state index >= 15 is 0 Å². The molecule has 19 heavy (non-hydrogen) atoms. The fraction of sp³-hybridized carbons (Fsp3) is 0.429. The first-order chi connectivity index (χ1) is 9.31. The molecule has 0 saturated heterocycles. The van der Waals surface area contributed by atoms with Crippen LogP contribution in [-0.2, 0) is 6.54 Å². The van der Waals surface area contributed by atoms with E-state index in [1.54, 1.807) is 0 Å². The quantitative estimate of drug-likeness (QED) is 0.580. The Bertz CT molecular complexity index is 580. The van der Waals surface area contributed by atoms with Crippen LogP contribution in [0.5, 0.6) is 0 Å². The summed E-state index contributed by atoms with van der Waals surface area (Å²) in [5.74, 6) is 0.528. The van der Waals surface area contributed by atoms with Crippen molar-refractivity contribution in [3.05, 3.63) is 30.1 Å². The van der Waals surface area contributed by atoms with Gasteiger partial charge in [-0.25, -0.2) is 9.98 Å². The average Bonchev–Trinajstić information content (AvgIpc) is 3.06.